The molecule has 0 aliphatic carbocycles. The van der Waals surface area contributed by atoms with E-state index in [1.54, 1.807) is 12.1 Å². The molecule has 0 bridgehead atoms. The minimum atomic E-state index is -0.266. The Hall–Kier alpha value is -3.37. The Morgan fingerprint density at radius 3 is 2.57 bits per heavy atom. The number of fused-ring (bicyclic) bond motifs is 1. The molecule has 1 N–H and O–H groups in total. The molecule has 4 nitrogen and oxygen atoms in total. The van der Waals surface area contributed by atoms with Crippen molar-refractivity contribution in [2.45, 2.75) is 6.92 Å². The maximum atomic E-state index is 12.4. The van der Waals surface area contributed by atoms with Crippen LogP contribution in [0, 0.1) is 6.92 Å². The first-order chi connectivity index (χ1) is 13.6. The molecule has 4 aromatic rings. The Morgan fingerprint density at radius 1 is 1.04 bits per heavy atom. The van der Waals surface area contributed by atoms with Gasteiger partial charge in [0.1, 0.15) is 5.82 Å². The molecule has 1 heterocycles. The summed E-state index contributed by atoms with van der Waals surface area (Å²) in [6.45, 7) is 1.95. The van der Waals surface area contributed by atoms with Crippen molar-refractivity contribution in [2.24, 2.45) is 0 Å². The highest BCUT2D eigenvalue weighted by atomic mass is 35.5. The van der Waals surface area contributed by atoms with Gasteiger partial charge in [-0.25, -0.2) is 4.98 Å². The third-order valence-electron chi connectivity index (χ3n) is 4.37. The van der Waals surface area contributed by atoms with Gasteiger partial charge in [0.15, 0.2) is 0 Å². The van der Waals surface area contributed by atoms with Gasteiger partial charge in [0.25, 0.3) is 0 Å². The number of hydrogen-bond acceptors (Lipinski definition) is 2. The number of nitrogens with zero attached hydrogens (tertiary/aromatic N) is 2. The first kappa shape index (κ1) is 18.0. The van der Waals surface area contributed by atoms with Crippen LogP contribution in [0.3, 0.4) is 0 Å². The van der Waals surface area contributed by atoms with E-state index < -0.39 is 0 Å². The molecule has 1 amide bonds. The lowest BCUT2D eigenvalue weighted by atomic mass is 10.2. The molecule has 1 aromatic heterocycles. The summed E-state index contributed by atoms with van der Waals surface area (Å²) in [6.07, 6.45) is 3.18. The van der Waals surface area contributed by atoms with Crippen LogP contribution in [0.4, 0.5) is 5.69 Å². The van der Waals surface area contributed by atoms with E-state index in [0.717, 1.165) is 22.3 Å². The van der Waals surface area contributed by atoms with E-state index in [-0.39, 0.29) is 5.91 Å². The molecule has 0 aliphatic rings. The fourth-order valence-electron chi connectivity index (χ4n) is 3.05. The molecule has 0 radical (unpaired) electrons. The van der Waals surface area contributed by atoms with Crippen LogP contribution in [0.5, 0.6) is 0 Å². The van der Waals surface area contributed by atoms with Crippen LogP contribution in [0.1, 0.15) is 11.4 Å². The summed E-state index contributed by atoms with van der Waals surface area (Å²) in [5.41, 5.74) is 4.45. The number of rotatable bonds is 4. The highest BCUT2D eigenvalue weighted by Crippen LogP contribution is 2.24. The van der Waals surface area contributed by atoms with E-state index in [0.29, 0.717) is 16.5 Å². The zero-order valence-corrected chi connectivity index (χ0v) is 16.0. The van der Waals surface area contributed by atoms with Gasteiger partial charge >= 0.3 is 0 Å². The topological polar surface area (TPSA) is 46.9 Å². The maximum Gasteiger partial charge on any atom is 0.248 e. The standard InChI is InChI=1S/C23H18ClN3O/c1-16-11-12-19(18(24)15-16)26-23(28)14-13-22-25-20-9-5-6-10-21(20)27(22)17-7-3-2-4-8-17/h2-15H,1H3,(H,26,28). The lowest BCUT2D eigenvalue weighted by Gasteiger charge is -2.07. The average molecular weight is 388 g/mol. The fourth-order valence-corrected chi connectivity index (χ4v) is 3.33. The molecule has 0 saturated carbocycles. The number of imidazole rings is 1. The quantitative estimate of drug-likeness (QED) is 0.460. The van der Waals surface area contributed by atoms with Gasteiger partial charge < -0.3 is 5.32 Å². The van der Waals surface area contributed by atoms with Crippen LogP contribution >= 0.6 is 11.6 Å². The molecule has 0 saturated heterocycles. The van der Waals surface area contributed by atoms with E-state index in [9.17, 15) is 4.79 Å². The Kier molecular flexibility index (Phi) is 4.96. The minimum absolute atomic E-state index is 0.266. The minimum Gasteiger partial charge on any atom is -0.321 e. The van der Waals surface area contributed by atoms with Crippen LogP contribution in [-0.4, -0.2) is 15.5 Å². The monoisotopic (exact) mass is 387 g/mol. The summed E-state index contributed by atoms with van der Waals surface area (Å²) in [7, 11) is 0. The molecule has 0 atom stereocenters. The van der Waals surface area contributed by atoms with Crippen LogP contribution in [0.2, 0.25) is 5.02 Å². The van der Waals surface area contributed by atoms with Crippen molar-refractivity contribution in [3.63, 3.8) is 0 Å². The zero-order chi connectivity index (χ0) is 19.5. The Morgan fingerprint density at radius 2 is 1.79 bits per heavy atom. The molecule has 0 unspecified atom stereocenters. The number of carbonyl (C=O) groups excluding carboxylic acids is 1. The van der Waals surface area contributed by atoms with Gasteiger partial charge in [-0.1, -0.05) is 48.0 Å². The number of benzene rings is 3. The van der Waals surface area contributed by atoms with E-state index in [4.69, 9.17) is 11.6 Å². The lowest BCUT2D eigenvalue weighted by Crippen LogP contribution is -2.08. The normalized spacial score (nSPS) is 11.2. The summed E-state index contributed by atoms with van der Waals surface area (Å²) in [6, 6.07) is 23.3. The number of carbonyl (C=O) groups is 1. The van der Waals surface area contributed by atoms with Crippen molar-refractivity contribution in [1.82, 2.24) is 9.55 Å². The van der Waals surface area contributed by atoms with Crippen molar-refractivity contribution in [1.29, 1.82) is 0 Å². The van der Waals surface area contributed by atoms with Crippen molar-refractivity contribution in [3.8, 4) is 5.69 Å². The predicted octanol–water partition coefficient (Wildman–Crippen LogP) is 5.64. The SMILES string of the molecule is Cc1ccc(NC(=O)C=Cc2nc3ccccc3n2-c2ccccc2)c(Cl)c1. The van der Waals surface area contributed by atoms with Crippen molar-refractivity contribution < 1.29 is 4.79 Å². The first-order valence-corrected chi connectivity index (χ1v) is 9.28. The van der Waals surface area contributed by atoms with E-state index in [2.05, 4.69) is 10.3 Å². The third-order valence-corrected chi connectivity index (χ3v) is 4.68. The van der Waals surface area contributed by atoms with Gasteiger partial charge in [-0.05, 0) is 55.0 Å². The summed E-state index contributed by atoms with van der Waals surface area (Å²) in [4.78, 5) is 17.1. The highest BCUT2D eigenvalue weighted by molar-refractivity contribution is 6.33. The second-order valence-corrected chi connectivity index (χ2v) is 6.84. The molecule has 0 aliphatic heterocycles. The maximum absolute atomic E-state index is 12.4. The zero-order valence-electron chi connectivity index (χ0n) is 15.3. The van der Waals surface area contributed by atoms with E-state index >= 15 is 0 Å². The highest BCUT2D eigenvalue weighted by Gasteiger charge is 2.10. The van der Waals surface area contributed by atoms with Gasteiger partial charge in [0.2, 0.25) is 5.91 Å². The number of amides is 1. The van der Waals surface area contributed by atoms with E-state index in [1.165, 1.54) is 6.08 Å². The molecule has 0 fully saturated rings. The Bertz CT molecular complexity index is 1180. The van der Waals surface area contributed by atoms with Crippen molar-refractivity contribution in [3.05, 3.63) is 95.3 Å². The lowest BCUT2D eigenvalue weighted by molar-refractivity contribution is -0.111. The number of hydrogen-bond donors (Lipinski definition) is 1. The largest absolute Gasteiger partial charge is 0.321 e. The third kappa shape index (κ3) is 3.68. The van der Waals surface area contributed by atoms with Crippen LogP contribution in [-0.2, 0) is 4.79 Å². The number of nitrogens with one attached hydrogen (secondary N) is 1. The Balaban J connectivity index is 1.66. The molecule has 28 heavy (non-hydrogen) atoms. The van der Waals surface area contributed by atoms with Crippen LogP contribution in [0.25, 0.3) is 22.8 Å². The summed E-state index contributed by atoms with van der Waals surface area (Å²) in [5.74, 6) is 0.412. The average Bonchev–Trinajstić information content (AvgIpc) is 3.07. The molecular formula is C23H18ClN3O. The van der Waals surface area contributed by atoms with E-state index in [1.807, 2.05) is 78.2 Å². The molecule has 138 valence electrons. The van der Waals surface area contributed by atoms with Crippen molar-refractivity contribution in [2.75, 3.05) is 5.32 Å². The van der Waals surface area contributed by atoms with Gasteiger partial charge in [-0.3, -0.25) is 9.36 Å². The summed E-state index contributed by atoms with van der Waals surface area (Å²) >= 11 is 6.19. The molecule has 5 heteroatoms. The first-order valence-electron chi connectivity index (χ1n) is 8.90. The molecule has 4 rings (SSSR count). The molecular weight excluding hydrogens is 370 g/mol. The van der Waals surface area contributed by atoms with Crippen LogP contribution < -0.4 is 5.32 Å². The van der Waals surface area contributed by atoms with Crippen LogP contribution in [0.15, 0.2) is 78.9 Å². The number of aromatic nitrogens is 2. The molecule has 3 aromatic carbocycles. The second-order valence-electron chi connectivity index (χ2n) is 6.44. The summed E-state index contributed by atoms with van der Waals surface area (Å²) < 4.78 is 2.03. The van der Waals surface area contributed by atoms with Gasteiger partial charge in [0.05, 0.1) is 21.7 Å². The number of halogens is 1. The predicted molar refractivity (Wildman–Crippen MR) is 115 cm³/mol. The van der Waals surface area contributed by atoms with Gasteiger partial charge in [0, 0.05) is 11.8 Å². The fraction of sp³-hybridized carbons (Fsp3) is 0.0435. The molecule has 0 spiro atoms. The number of para-hydroxylation sites is 3. The number of aryl methyl sites for hydroxylation is 1. The van der Waals surface area contributed by atoms with Gasteiger partial charge in [-0.15, -0.1) is 0 Å². The Labute approximate surface area is 168 Å². The smallest absolute Gasteiger partial charge is 0.248 e. The number of anilines is 1. The van der Waals surface area contributed by atoms with Crippen molar-refractivity contribution >= 4 is 40.3 Å². The van der Waals surface area contributed by atoms with Gasteiger partial charge in [-0.2, -0.15) is 0 Å². The summed E-state index contributed by atoms with van der Waals surface area (Å²) in [5, 5.41) is 3.32. The second kappa shape index (κ2) is 7.71.